The first-order valence-corrected chi connectivity index (χ1v) is 7.83. The van der Waals surface area contributed by atoms with Crippen molar-refractivity contribution >= 4 is 16.6 Å². The molecule has 0 unspecified atom stereocenters. The second-order valence-corrected chi connectivity index (χ2v) is 5.86. The number of H-pyrrole nitrogens is 1. The highest BCUT2D eigenvalue weighted by Gasteiger charge is 2.13. The van der Waals surface area contributed by atoms with E-state index in [-0.39, 0.29) is 5.56 Å². The van der Waals surface area contributed by atoms with Crippen LogP contribution in [0.3, 0.4) is 0 Å². The number of nitrogens with one attached hydrogen (secondary N) is 1. The van der Waals surface area contributed by atoms with Crippen molar-refractivity contribution in [3.05, 3.63) is 52.8 Å². The molecular weight excluding hydrogens is 320 g/mol. The van der Waals surface area contributed by atoms with Crippen LogP contribution in [0, 0.1) is 0 Å². The van der Waals surface area contributed by atoms with Crippen molar-refractivity contribution in [3.8, 4) is 11.5 Å². The predicted octanol–water partition coefficient (Wildman–Crippen LogP) is 1.34. The zero-order valence-corrected chi connectivity index (χ0v) is 14.7. The molecule has 3 rings (SSSR count). The van der Waals surface area contributed by atoms with Crippen LogP contribution in [0.25, 0.3) is 10.9 Å². The van der Waals surface area contributed by atoms with Crippen LogP contribution in [0.5, 0.6) is 11.5 Å². The summed E-state index contributed by atoms with van der Waals surface area (Å²) in [5.41, 5.74) is 1.47. The third kappa shape index (κ3) is 3.40. The fourth-order valence-corrected chi connectivity index (χ4v) is 2.62. The molecule has 0 saturated carbocycles. The molecule has 130 valence electrons. The van der Waals surface area contributed by atoms with Gasteiger partial charge in [-0.25, -0.2) is 4.98 Å². The van der Waals surface area contributed by atoms with Gasteiger partial charge in [-0.15, -0.1) is 0 Å². The second kappa shape index (κ2) is 6.80. The molecule has 3 aromatic rings. The first-order chi connectivity index (χ1) is 12.0. The fourth-order valence-electron chi connectivity index (χ4n) is 2.62. The van der Waals surface area contributed by atoms with Crippen molar-refractivity contribution < 1.29 is 14.0 Å². The van der Waals surface area contributed by atoms with E-state index in [1.54, 1.807) is 19.2 Å². The minimum absolute atomic E-state index is 0.202. The molecule has 0 bridgehead atoms. The molecule has 0 fully saturated rings. The number of rotatable bonds is 5. The van der Waals surface area contributed by atoms with E-state index in [0.717, 1.165) is 5.69 Å². The minimum atomic E-state index is -0.202. The standard InChI is InChI=1S/C18H20N4O3/c1-21(2)12-5-7-22(8-6-12)11-17-19-14-10-16(25-4)15(24-3)9-13(14)18(23)20-17/h5-10H,11H2,1-4H3/p+1. The highest BCUT2D eigenvalue weighted by Crippen LogP contribution is 2.29. The van der Waals surface area contributed by atoms with Crippen LogP contribution in [0.4, 0.5) is 5.69 Å². The minimum Gasteiger partial charge on any atom is -0.493 e. The monoisotopic (exact) mass is 341 g/mol. The summed E-state index contributed by atoms with van der Waals surface area (Å²) in [5, 5.41) is 0.467. The molecule has 0 aliphatic carbocycles. The van der Waals surface area contributed by atoms with E-state index in [0.29, 0.717) is 34.8 Å². The summed E-state index contributed by atoms with van der Waals surface area (Å²) < 4.78 is 12.5. The topological polar surface area (TPSA) is 71.3 Å². The Morgan fingerprint density at radius 2 is 1.76 bits per heavy atom. The van der Waals surface area contributed by atoms with Crippen LogP contribution in [-0.2, 0) is 6.54 Å². The van der Waals surface area contributed by atoms with Crippen molar-refractivity contribution in [1.29, 1.82) is 0 Å². The van der Waals surface area contributed by atoms with Crippen LogP contribution in [0.2, 0.25) is 0 Å². The molecule has 0 aliphatic rings. The van der Waals surface area contributed by atoms with Crippen molar-refractivity contribution in [1.82, 2.24) is 9.97 Å². The smallest absolute Gasteiger partial charge is 0.259 e. The average molecular weight is 341 g/mol. The van der Waals surface area contributed by atoms with Crippen LogP contribution in [0.1, 0.15) is 5.82 Å². The molecule has 2 aromatic heterocycles. The van der Waals surface area contributed by atoms with E-state index in [4.69, 9.17) is 9.47 Å². The maximum atomic E-state index is 12.4. The van der Waals surface area contributed by atoms with Gasteiger partial charge in [0.05, 0.1) is 25.1 Å². The molecule has 0 saturated heterocycles. The van der Waals surface area contributed by atoms with E-state index >= 15 is 0 Å². The SMILES string of the molecule is COc1cc2nc(C[n+]3ccc(N(C)C)cc3)[nH]c(=O)c2cc1OC. The summed E-state index contributed by atoms with van der Waals surface area (Å²) in [7, 11) is 7.07. The van der Waals surface area contributed by atoms with Gasteiger partial charge in [0.1, 0.15) is 0 Å². The summed E-state index contributed by atoms with van der Waals surface area (Å²) >= 11 is 0. The third-order valence-electron chi connectivity index (χ3n) is 3.98. The molecule has 0 amide bonds. The summed E-state index contributed by atoms with van der Waals surface area (Å²) in [5.74, 6) is 1.62. The highest BCUT2D eigenvalue weighted by molar-refractivity contribution is 5.81. The van der Waals surface area contributed by atoms with Gasteiger partial charge in [-0.3, -0.25) is 4.79 Å². The van der Waals surface area contributed by atoms with E-state index in [1.807, 2.05) is 48.1 Å². The molecule has 0 radical (unpaired) electrons. The number of pyridine rings is 1. The van der Waals surface area contributed by atoms with Crippen LogP contribution in [0.15, 0.2) is 41.5 Å². The lowest BCUT2D eigenvalue weighted by atomic mass is 10.2. The van der Waals surface area contributed by atoms with E-state index in [2.05, 4.69) is 9.97 Å². The molecule has 1 N–H and O–H groups in total. The zero-order valence-electron chi connectivity index (χ0n) is 14.7. The molecule has 0 atom stereocenters. The zero-order chi connectivity index (χ0) is 18.0. The molecule has 0 spiro atoms. The molecule has 2 heterocycles. The Bertz CT molecular complexity index is 949. The molecule has 0 aliphatic heterocycles. The summed E-state index contributed by atoms with van der Waals surface area (Å²) in [6.45, 7) is 0.466. The number of aromatic nitrogens is 3. The number of ether oxygens (including phenoxy) is 2. The average Bonchev–Trinajstić information content (AvgIpc) is 2.61. The van der Waals surface area contributed by atoms with E-state index < -0.39 is 0 Å². The number of fused-ring (bicyclic) bond motifs is 1. The van der Waals surface area contributed by atoms with Crippen molar-refractivity contribution in [2.45, 2.75) is 6.54 Å². The van der Waals surface area contributed by atoms with Gasteiger partial charge in [-0.2, -0.15) is 4.57 Å². The van der Waals surface area contributed by atoms with Crippen LogP contribution in [-0.4, -0.2) is 38.3 Å². The Labute approximate surface area is 145 Å². The maximum absolute atomic E-state index is 12.4. The Kier molecular flexibility index (Phi) is 4.56. The summed E-state index contributed by atoms with van der Waals surface area (Å²) in [6.07, 6.45) is 3.91. The van der Waals surface area contributed by atoms with Crippen LogP contribution < -0.4 is 24.5 Å². The quantitative estimate of drug-likeness (QED) is 0.709. The molecule has 7 nitrogen and oxygen atoms in total. The van der Waals surface area contributed by atoms with Crippen molar-refractivity contribution in [2.24, 2.45) is 0 Å². The Morgan fingerprint density at radius 3 is 2.36 bits per heavy atom. The number of methoxy groups -OCH3 is 2. The summed E-state index contributed by atoms with van der Waals surface area (Å²) in [4.78, 5) is 21.8. The van der Waals surface area contributed by atoms with E-state index in [9.17, 15) is 4.79 Å². The van der Waals surface area contributed by atoms with Crippen molar-refractivity contribution in [2.75, 3.05) is 33.2 Å². The van der Waals surface area contributed by atoms with E-state index in [1.165, 1.54) is 7.11 Å². The lowest BCUT2D eigenvalue weighted by Gasteiger charge is -2.10. The number of benzene rings is 1. The van der Waals surface area contributed by atoms with Crippen LogP contribution >= 0.6 is 0 Å². The van der Waals surface area contributed by atoms with Gasteiger partial charge in [0.25, 0.3) is 5.56 Å². The number of nitrogens with zero attached hydrogens (tertiary/aromatic N) is 3. The lowest BCUT2D eigenvalue weighted by molar-refractivity contribution is -0.689. The first-order valence-electron chi connectivity index (χ1n) is 7.83. The fraction of sp³-hybridized carbons (Fsp3) is 0.278. The third-order valence-corrected chi connectivity index (χ3v) is 3.98. The van der Waals surface area contributed by atoms with Gasteiger partial charge in [0, 0.05) is 38.0 Å². The number of aromatic amines is 1. The molecule has 25 heavy (non-hydrogen) atoms. The molecule has 1 aromatic carbocycles. The number of hydrogen-bond acceptors (Lipinski definition) is 5. The Hall–Kier alpha value is -3.09. The number of anilines is 1. The summed E-state index contributed by atoms with van der Waals surface area (Å²) in [6, 6.07) is 7.37. The van der Waals surface area contributed by atoms with Gasteiger partial charge >= 0.3 is 0 Å². The highest BCUT2D eigenvalue weighted by atomic mass is 16.5. The molecular formula is C18H21N4O3+. The van der Waals surface area contributed by atoms with Gasteiger partial charge in [-0.1, -0.05) is 0 Å². The molecule has 7 heteroatoms. The van der Waals surface area contributed by atoms with Gasteiger partial charge < -0.3 is 19.4 Å². The maximum Gasteiger partial charge on any atom is 0.259 e. The van der Waals surface area contributed by atoms with Crippen molar-refractivity contribution in [3.63, 3.8) is 0 Å². The first kappa shape index (κ1) is 16.8. The normalized spacial score (nSPS) is 10.7. The lowest BCUT2D eigenvalue weighted by Crippen LogP contribution is -2.35. The Morgan fingerprint density at radius 1 is 1.12 bits per heavy atom. The van der Waals surface area contributed by atoms with Gasteiger partial charge in [0.2, 0.25) is 6.54 Å². The van der Waals surface area contributed by atoms with Gasteiger partial charge in [-0.05, 0) is 6.07 Å². The second-order valence-electron chi connectivity index (χ2n) is 5.86. The Balaban J connectivity index is 1.98. The predicted molar refractivity (Wildman–Crippen MR) is 95.5 cm³/mol. The van der Waals surface area contributed by atoms with Gasteiger partial charge in [0.15, 0.2) is 29.7 Å². The largest absolute Gasteiger partial charge is 0.493 e. The number of hydrogen-bond donors (Lipinski definition) is 1.